The maximum absolute atomic E-state index is 12.3. The van der Waals surface area contributed by atoms with Gasteiger partial charge in [0.1, 0.15) is 5.58 Å². The Kier molecular flexibility index (Phi) is 4.39. The number of para-hydroxylation sites is 1. The van der Waals surface area contributed by atoms with Crippen LogP contribution in [-0.4, -0.2) is 5.91 Å². The third-order valence-electron chi connectivity index (χ3n) is 3.36. The number of aryl methyl sites for hydroxylation is 1. The van der Waals surface area contributed by atoms with Crippen molar-refractivity contribution in [2.75, 3.05) is 5.43 Å². The van der Waals surface area contributed by atoms with E-state index in [2.05, 4.69) is 10.9 Å². The lowest BCUT2D eigenvalue weighted by Crippen LogP contribution is -2.29. The fraction of sp³-hybridized carbons (Fsp3) is 0.0625. The van der Waals surface area contributed by atoms with E-state index in [-0.39, 0.29) is 5.76 Å². The molecule has 118 valence electrons. The van der Waals surface area contributed by atoms with Gasteiger partial charge in [0.25, 0.3) is 0 Å². The van der Waals surface area contributed by atoms with E-state index in [4.69, 9.17) is 39.2 Å². The average molecular weight is 370 g/mol. The van der Waals surface area contributed by atoms with E-state index < -0.39 is 5.91 Å². The number of hydrogen-bond acceptors (Lipinski definition) is 3. The number of amides is 1. The van der Waals surface area contributed by atoms with Crippen molar-refractivity contribution in [1.82, 2.24) is 5.43 Å². The molecule has 4 nitrogen and oxygen atoms in total. The van der Waals surface area contributed by atoms with Crippen molar-refractivity contribution in [1.29, 1.82) is 0 Å². The second kappa shape index (κ2) is 6.32. The lowest BCUT2D eigenvalue weighted by molar-refractivity contribution is 0.0936. The maximum Gasteiger partial charge on any atom is 0.305 e. The highest BCUT2D eigenvalue weighted by atomic mass is 35.5. The molecule has 0 radical (unpaired) electrons. The molecule has 0 atom stereocenters. The van der Waals surface area contributed by atoms with Crippen molar-refractivity contribution in [2.45, 2.75) is 6.92 Å². The molecule has 0 saturated heterocycles. The van der Waals surface area contributed by atoms with Gasteiger partial charge in [-0.1, -0.05) is 53.0 Å². The van der Waals surface area contributed by atoms with E-state index >= 15 is 0 Å². The van der Waals surface area contributed by atoms with E-state index in [0.29, 0.717) is 26.3 Å². The summed E-state index contributed by atoms with van der Waals surface area (Å²) in [4.78, 5) is 12.3. The molecule has 0 unspecified atom stereocenters. The maximum atomic E-state index is 12.3. The van der Waals surface area contributed by atoms with E-state index in [1.165, 1.54) is 12.1 Å². The zero-order valence-electron chi connectivity index (χ0n) is 11.9. The number of rotatable bonds is 3. The first-order valence-corrected chi connectivity index (χ1v) is 7.80. The van der Waals surface area contributed by atoms with Crippen LogP contribution in [0.4, 0.5) is 5.69 Å². The molecule has 7 heteroatoms. The third-order valence-corrected chi connectivity index (χ3v) is 4.17. The molecular weight excluding hydrogens is 359 g/mol. The summed E-state index contributed by atoms with van der Waals surface area (Å²) in [5, 5.41) is 1.89. The molecule has 2 N–H and O–H groups in total. The fourth-order valence-corrected chi connectivity index (χ4v) is 3.14. The predicted molar refractivity (Wildman–Crippen MR) is 93.5 cm³/mol. The van der Waals surface area contributed by atoms with Crippen LogP contribution in [0.2, 0.25) is 15.1 Å². The zero-order valence-corrected chi connectivity index (χ0v) is 14.2. The number of carbonyl (C=O) groups excluding carboxylic acids is 1. The van der Waals surface area contributed by atoms with E-state index in [1.807, 2.05) is 25.1 Å². The average Bonchev–Trinajstić information content (AvgIpc) is 2.84. The van der Waals surface area contributed by atoms with Crippen LogP contribution in [-0.2, 0) is 0 Å². The van der Waals surface area contributed by atoms with Gasteiger partial charge >= 0.3 is 5.91 Å². The quantitative estimate of drug-likeness (QED) is 0.603. The molecule has 0 spiro atoms. The molecule has 0 aliphatic carbocycles. The molecule has 23 heavy (non-hydrogen) atoms. The highest BCUT2D eigenvalue weighted by Gasteiger charge is 2.18. The number of carbonyl (C=O) groups is 1. The number of hydrogen-bond donors (Lipinski definition) is 2. The summed E-state index contributed by atoms with van der Waals surface area (Å²) in [6.07, 6.45) is 0. The molecule has 0 aliphatic rings. The molecule has 1 amide bonds. The summed E-state index contributed by atoms with van der Waals surface area (Å²) in [6.45, 7) is 1.82. The van der Waals surface area contributed by atoms with E-state index in [0.717, 1.165) is 10.9 Å². The topological polar surface area (TPSA) is 54.3 Å². The normalized spacial score (nSPS) is 10.8. The van der Waals surface area contributed by atoms with Gasteiger partial charge in [-0.15, -0.1) is 0 Å². The van der Waals surface area contributed by atoms with Gasteiger partial charge in [0.15, 0.2) is 5.76 Å². The Hall–Kier alpha value is -1.88. The summed E-state index contributed by atoms with van der Waals surface area (Å²) in [7, 11) is 0. The molecule has 3 aromatic rings. The SMILES string of the molecule is Cc1c(C(=O)NNc2c(Cl)cc(Cl)cc2Cl)oc2ccccc12. The second-order valence-electron chi connectivity index (χ2n) is 4.88. The van der Waals surface area contributed by atoms with Crippen molar-refractivity contribution in [3.63, 3.8) is 0 Å². The van der Waals surface area contributed by atoms with E-state index in [1.54, 1.807) is 6.07 Å². The summed E-state index contributed by atoms with van der Waals surface area (Å²) >= 11 is 18.0. The van der Waals surface area contributed by atoms with Crippen LogP contribution in [0.5, 0.6) is 0 Å². The monoisotopic (exact) mass is 368 g/mol. The lowest BCUT2D eigenvalue weighted by atomic mass is 10.1. The van der Waals surface area contributed by atoms with Crippen LogP contribution in [0.1, 0.15) is 16.1 Å². The van der Waals surface area contributed by atoms with Crippen LogP contribution in [0, 0.1) is 6.92 Å². The Morgan fingerprint density at radius 1 is 1.09 bits per heavy atom. The van der Waals surface area contributed by atoms with Crippen LogP contribution >= 0.6 is 34.8 Å². The van der Waals surface area contributed by atoms with Gasteiger partial charge in [-0.2, -0.15) is 0 Å². The lowest BCUT2D eigenvalue weighted by Gasteiger charge is -2.11. The van der Waals surface area contributed by atoms with Gasteiger partial charge in [-0.3, -0.25) is 15.6 Å². The number of nitrogens with one attached hydrogen (secondary N) is 2. The highest BCUT2D eigenvalue weighted by molar-refractivity contribution is 6.41. The van der Waals surface area contributed by atoms with Gasteiger partial charge in [0, 0.05) is 16.0 Å². The molecule has 0 aliphatic heterocycles. The van der Waals surface area contributed by atoms with Crippen LogP contribution in [0.15, 0.2) is 40.8 Å². The van der Waals surface area contributed by atoms with Crippen molar-refractivity contribution in [3.05, 3.63) is 62.8 Å². The molecule has 0 saturated carbocycles. The summed E-state index contributed by atoms with van der Waals surface area (Å²) in [6, 6.07) is 10.5. The number of furan rings is 1. The largest absolute Gasteiger partial charge is 0.451 e. The first kappa shape index (κ1) is 16.0. The Labute approximate surface area is 147 Å². The van der Waals surface area contributed by atoms with Crippen molar-refractivity contribution in [2.24, 2.45) is 0 Å². The molecule has 2 aromatic carbocycles. The molecule has 0 fully saturated rings. The molecule has 1 heterocycles. The Morgan fingerprint density at radius 3 is 2.39 bits per heavy atom. The van der Waals surface area contributed by atoms with Crippen molar-refractivity contribution < 1.29 is 9.21 Å². The summed E-state index contributed by atoms with van der Waals surface area (Å²) in [5.41, 5.74) is 6.99. The van der Waals surface area contributed by atoms with Gasteiger partial charge < -0.3 is 4.42 Å². The fourth-order valence-electron chi connectivity index (χ4n) is 2.23. The minimum absolute atomic E-state index is 0.222. The van der Waals surface area contributed by atoms with Gasteiger partial charge in [-0.25, -0.2) is 0 Å². The molecule has 3 rings (SSSR count). The number of anilines is 1. The third kappa shape index (κ3) is 3.11. The molecule has 0 bridgehead atoms. The molecular formula is C16H11Cl3N2O2. The standard InChI is InChI=1S/C16H11Cl3N2O2/c1-8-10-4-2-3-5-13(10)23-15(8)16(22)21-20-14-11(18)6-9(17)7-12(14)19/h2-7,20H,1H3,(H,21,22). The minimum atomic E-state index is -0.430. The highest BCUT2D eigenvalue weighted by Crippen LogP contribution is 2.33. The van der Waals surface area contributed by atoms with Gasteiger partial charge in [-0.05, 0) is 25.1 Å². The summed E-state index contributed by atoms with van der Waals surface area (Å²) < 4.78 is 5.59. The van der Waals surface area contributed by atoms with Gasteiger partial charge in [0.2, 0.25) is 0 Å². The van der Waals surface area contributed by atoms with Crippen LogP contribution < -0.4 is 10.9 Å². The first-order chi connectivity index (χ1) is 11.0. The van der Waals surface area contributed by atoms with Crippen molar-refractivity contribution >= 4 is 57.4 Å². The Morgan fingerprint density at radius 2 is 1.74 bits per heavy atom. The van der Waals surface area contributed by atoms with E-state index in [9.17, 15) is 4.79 Å². The number of hydrazine groups is 1. The number of fused-ring (bicyclic) bond motifs is 1. The number of benzene rings is 2. The zero-order chi connectivity index (χ0) is 16.6. The van der Waals surface area contributed by atoms with Crippen molar-refractivity contribution in [3.8, 4) is 0 Å². The van der Waals surface area contributed by atoms with Crippen LogP contribution in [0.25, 0.3) is 11.0 Å². The smallest absolute Gasteiger partial charge is 0.305 e. The Balaban J connectivity index is 1.83. The Bertz CT molecular complexity index is 882. The minimum Gasteiger partial charge on any atom is -0.451 e. The number of halogens is 3. The predicted octanol–water partition coefficient (Wildman–Crippen LogP) is 5.46. The summed E-state index contributed by atoms with van der Waals surface area (Å²) in [5.74, 6) is -0.208. The second-order valence-corrected chi connectivity index (χ2v) is 6.13. The van der Waals surface area contributed by atoms with Gasteiger partial charge in [0.05, 0.1) is 15.7 Å². The first-order valence-electron chi connectivity index (χ1n) is 6.66. The molecule has 1 aromatic heterocycles. The van der Waals surface area contributed by atoms with Crippen LogP contribution in [0.3, 0.4) is 0 Å².